The van der Waals surface area contributed by atoms with Gasteiger partial charge in [-0.2, -0.15) is 0 Å². The molecule has 71 heavy (non-hydrogen) atoms. The maximum absolute atomic E-state index is 11.5. The fourth-order valence-corrected chi connectivity index (χ4v) is 10.5. The number of carbonyl (C=O) groups excluding carboxylic acids is 2. The number of aliphatic hydroxyl groups excluding tert-OH is 2. The Morgan fingerprint density at radius 3 is 0.408 bits per heavy atom. The van der Waals surface area contributed by atoms with Crippen molar-refractivity contribution in [2.24, 2.45) is 75.8 Å². The zero-order valence-corrected chi connectivity index (χ0v) is 57.5. The Balaban J connectivity index is -0.000000135. The summed E-state index contributed by atoms with van der Waals surface area (Å²) in [7, 11) is 3.59. The number of ether oxygens (including phenoxy) is 2. The second-order valence-electron chi connectivity index (χ2n) is 35.9. The van der Waals surface area contributed by atoms with E-state index in [2.05, 4.69) is 208 Å². The van der Waals surface area contributed by atoms with Crippen LogP contribution in [0, 0.1) is 75.8 Å². The molecule has 0 rings (SSSR count). The summed E-state index contributed by atoms with van der Waals surface area (Å²) in [6.07, 6.45) is 1.45. The molecule has 0 aromatic carbocycles. The number of carbonyl (C=O) groups is 2. The molecule has 6 nitrogen and oxygen atoms in total. The van der Waals surface area contributed by atoms with E-state index in [-0.39, 0.29) is 77.2 Å². The van der Waals surface area contributed by atoms with E-state index in [0.29, 0.717) is 34.6 Å². The Labute approximate surface area is 450 Å². The lowest BCUT2D eigenvalue weighted by Crippen LogP contribution is -2.39. The Kier molecular flexibility index (Phi) is 35.1. The van der Waals surface area contributed by atoms with E-state index in [1.807, 2.05) is 83.1 Å². The number of Topliss-reactive ketones (excluding diaryl/α,β-unsaturated/α-hetero) is 2. The van der Waals surface area contributed by atoms with Crippen LogP contribution in [0.15, 0.2) is 0 Å². The van der Waals surface area contributed by atoms with Crippen molar-refractivity contribution in [1.29, 1.82) is 0 Å². The van der Waals surface area contributed by atoms with Crippen LogP contribution in [-0.4, -0.2) is 60.4 Å². The van der Waals surface area contributed by atoms with Gasteiger partial charge in [-0.1, -0.05) is 291 Å². The molecule has 0 atom stereocenters. The minimum atomic E-state index is -0.236. The fraction of sp³-hybridized carbons (Fsp3) is 0.969. The van der Waals surface area contributed by atoms with Crippen molar-refractivity contribution < 1.29 is 29.3 Å². The standard InChI is InChI=1S/2C10H22O.2C9H20O.2C9H18O.C9H20/c2*1-9(2,3)8(11-7)10(4,5)6;4*1-8(2,3)7(10)9(4,5)6;1-8(2,3)7-9(4,5)6/h2*8H,1-7H3;2*7,10H,1-6H3;2*1-6H3;7H2,1-6H3. The SMILES string of the molecule is CC(C)(C)C(=O)C(C)(C)C.CC(C)(C)C(=O)C(C)(C)C.CC(C)(C)C(O)C(C)(C)C.CC(C)(C)C(O)C(C)(C)C.CC(C)(C)CC(C)(C)C.COC(C(C)(C)C)C(C)(C)C.COC(C(C)(C)C)C(C)(C)C. The van der Waals surface area contributed by atoms with Crippen molar-refractivity contribution in [3.05, 3.63) is 0 Å². The summed E-state index contributed by atoms with van der Waals surface area (Å²) in [5.74, 6) is 0.639. The van der Waals surface area contributed by atoms with Gasteiger partial charge in [0.15, 0.2) is 0 Å². The fourth-order valence-electron chi connectivity index (χ4n) is 10.5. The van der Waals surface area contributed by atoms with E-state index < -0.39 is 0 Å². The summed E-state index contributed by atoms with van der Waals surface area (Å²) in [5.41, 5.74) is 1.09. The molecule has 0 aromatic heterocycles. The topological polar surface area (TPSA) is 93.1 Å². The van der Waals surface area contributed by atoms with Crippen molar-refractivity contribution in [2.75, 3.05) is 14.2 Å². The van der Waals surface area contributed by atoms with E-state index in [1.165, 1.54) is 6.42 Å². The first-order valence-electron chi connectivity index (χ1n) is 27.2. The molecule has 0 aliphatic carbocycles. The van der Waals surface area contributed by atoms with Gasteiger partial charge < -0.3 is 19.7 Å². The van der Waals surface area contributed by atoms with Gasteiger partial charge in [0.1, 0.15) is 11.6 Å². The van der Waals surface area contributed by atoms with E-state index >= 15 is 0 Å². The molecule has 0 bridgehead atoms. The van der Waals surface area contributed by atoms with Gasteiger partial charge in [0, 0.05) is 35.9 Å². The second kappa shape index (κ2) is 29.6. The summed E-state index contributed by atoms with van der Waals surface area (Å²) < 4.78 is 11.0. The second-order valence-corrected chi connectivity index (χ2v) is 35.9. The lowest BCUT2D eigenvalue weighted by molar-refractivity contribution is -0.134. The van der Waals surface area contributed by atoms with Crippen molar-refractivity contribution in [1.82, 2.24) is 0 Å². The van der Waals surface area contributed by atoms with E-state index in [9.17, 15) is 19.8 Å². The lowest BCUT2D eigenvalue weighted by atomic mass is 9.74. The highest BCUT2D eigenvalue weighted by molar-refractivity contribution is 5.88. The zero-order chi connectivity index (χ0) is 60.6. The first kappa shape index (κ1) is 84.1. The average molecular weight is 1020 g/mol. The molecule has 0 heterocycles. The maximum Gasteiger partial charge on any atom is 0.143 e. The first-order chi connectivity index (χ1) is 29.7. The van der Waals surface area contributed by atoms with Crippen molar-refractivity contribution in [3.8, 4) is 0 Å². The smallest absolute Gasteiger partial charge is 0.143 e. The molecule has 0 spiro atoms. The lowest BCUT2D eigenvalue weighted by Gasteiger charge is -2.39. The van der Waals surface area contributed by atoms with Gasteiger partial charge in [0.25, 0.3) is 0 Å². The molecule has 0 aliphatic rings. The van der Waals surface area contributed by atoms with Crippen LogP contribution in [0.5, 0.6) is 0 Å². The molecule has 0 aliphatic heterocycles. The zero-order valence-electron chi connectivity index (χ0n) is 57.5. The first-order valence-corrected chi connectivity index (χ1v) is 27.2. The minimum Gasteiger partial charge on any atom is -0.392 e. The quantitative estimate of drug-likeness (QED) is 0.286. The summed E-state index contributed by atoms with van der Waals surface area (Å²) in [4.78, 5) is 23.0. The van der Waals surface area contributed by atoms with Crippen molar-refractivity contribution in [2.45, 2.75) is 322 Å². The molecule has 0 aromatic rings. The molecule has 436 valence electrons. The van der Waals surface area contributed by atoms with Crippen LogP contribution in [0.1, 0.15) is 297 Å². The number of rotatable bonds is 2. The predicted molar refractivity (Wildman–Crippen MR) is 321 cm³/mol. The van der Waals surface area contributed by atoms with Gasteiger partial charge in [-0.05, 0) is 60.6 Å². The minimum absolute atomic E-state index is 0.00174. The van der Waals surface area contributed by atoms with E-state index in [4.69, 9.17) is 9.47 Å². The molecule has 6 heteroatoms. The average Bonchev–Trinajstić information content (AvgIpc) is 2.97. The summed E-state index contributed by atoms with van der Waals surface area (Å²) in [6.45, 7) is 88.5. The molecule has 0 unspecified atom stereocenters. The molecule has 0 amide bonds. The van der Waals surface area contributed by atoms with Crippen molar-refractivity contribution in [3.63, 3.8) is 0 Å². The molecule has 0 saturated carbocycles. The summed E-state index contributed by atoms with van der Waals surface area (Å²) in [6, 6.07) is 0. The Morgan fingerprint density at radius 2 is 0.408 bits per heavy atom. The molecular weight excluding hydrogens is 877 g/mol. The van der Waals surface area contributed by atoms with Crippen LogP contribution in [-0.2, 0) is 19.1 Å². The number of hydrogen-bond acceptors (Lipinski definition) is 6. The van der Waals surface area contributed by atoms with Crippen LogP contribution >= 0.6 is 0 Å². The monoisotopic (exact) mass is 1020 g/mol. The number of methoxy groups -OCH3 is 2. The summed E-state index contributed by atoms with van der Waals surface area (Å²) in [5, 5.41) is 19.4. The molecular formula is C65H140O6. The van der Waals surface area contributed by atoms with Crippen LogP contribution in [0.4, 0.5) is 0 Å². The third-order valence-electron chi connectivity index (χ3n) is 10.7. The Hall–Kier alpha value is -0.820. The highest BCUT2D eigenvalue weighted by Crippen LogP contribution is 2.38. The highest BCUT2D eigenvalue weighted by atomic mass is 16.5. The van der Waals surface area contributed by atoms with Crippen molar-refractivity contribution >= 4 is 11.6 Å². The van der Waals surface area contributed by atoms with Crippen LogP contribution in [0.3, 0.4) is 0 Å². The maximum atomic E-state index is 11.5. The molecule has 0 saturated heterocycles. The third-order valence-corrected chi connectivity index (χ3v) is 10.7. The van der Waals surface area contributed by atoms with E-state index in [1.54, 1.807) is 14.2 Å². The van der Waals surface area contributed by atoms with Crippen LogP contribution < -0.4 is 0 Å². The van der Waals surface area contributed by atoms with Crippen LogP contribution in [0.25, 0.3) is 0 Å². The van der Waals surface area contributed by atoms with Crippen LogP contribution in [0.2, 0.25) is 0 Å². The van der Waals surface area contributed by atoms with Gasteiger partial charge in [-0.25, -0.2) is 0 Å². The van der Waals surface area contributed by atoms with Gasteiger partial charge in [0.2, 0.25) is 0 Å². The Morgan fingerprint density at radius 1 is 0.282 bits per heavy atom. The third kappa shape index (κ3) is 47.4. The van der Waals surface area contributed by atoms with E-state index in [0.717, 1.165) is 0 Å². The van der Waals surface area contributed by atoms with Gasteiger partial charge in [-0.15, -0.1) is 0 Å². The highest BCUT2D eigenvalue weighted by Gasteiger charge is 2.37. The molecule has 0 radical (unpaired) electrons. The summed E-state index contributed by atoms with van der Waals surface area (Å²) >= 11 is 0. The molecule has 0 fully saturated rings. The normalized spacial score (nSPS) is 14.0. The van der Waals surface area contributed by atoms with Gasteiger partial charge >= 0.3 is 0 Å². The number of aliphatic hydroxyl groups is 2. The van der Waals surface area contributed by atoms with Gasteiger partial charge in [-0.3, -0.25) is 9.59 Å². The number of ketones is 2. The number of hydrogen-bond donors (Lipinski definition) is 2. The molecule has 2 N–H and O–H groups in total. The van der Waals surface area contributed by atoms with Gasteiger partial charge in [0.05, 0.1) is 24.4 Å². The Bertz CT molecular complexity index is 1200. The predicted octanol–water partition coefficient (Wildman–Crippen LogP) is 19.8. The largest absolute Gasteiger partial charge is 0.392 e.